The molecular weight excluding hydrogens is 356 g/mol. The molecule has 7 nitrogen and oxygen atoms in total. The number of rotatable bonds is 5. The Morgan fingerprint density at radius 2 is 2.00 bits per heavy atom. The summed E-state index contributed by atoms with van der Waals surface area (Å²) in [5.74, 6) is 1.70. The number of benzene rings is 1. The summed E-state index contributed by atoms with van der Waals surface area (Å²) in [5, 5.41) is 13.8. The number of para-hydroxylation sites is 1. The number of nitrogens with one attached hydrogen (secondary N) is 1. The molecule has 2 aromatic rings. The Bertz CT molecular complexity index is 787. The lowest BCUT2D eigenvalue weighted by molar-refractivity contribution is -0.0872. The molecule has 4 rings (SSSR count). The molecule has 2 aliphatic heterocycles. The van der Waals surface area contributed by atoms with Gasteiger partial charge in [0.15, 0.2) is 5.82 Å². The molecule has 0 aliphatic carbocycles. The van der Waals surface area contributed by atoms with E-state index >= 15 is 0 Å². The standard InChI is InChI=1S/C21H28N4O3/c1-15-12-20(24-21(23-15)18-4-2-3-5-19(18)26)25-8-6-16(7-9-25)22-13-17-14-27-10-11-28-17/h2-5,12,16-17,22,26H,6-11,13-14H2,1H3/t17-/m0/s1. The molecule has 2 fully saturated rings. The number of phenols is 1. The van der Waals surface area contributed by atoms with Crippen LogP contribution in [0.1, 0.15) is 18.5 Å². The van der Waals surface area contributed by atoms with Gasteiger partial charge in [0.05, 0.1) is 31.5 Å². The fraction of sp³-hybridized carbons (Fsp3) is 0.524. The van der Waals surface area contributed by atoms with E-state index in [2.05, 4.69) is 15.2 Å². The number of anilines is 1. The third kappa shape index (κ3) is 4.60. The number of aryl methyl sites for hydroxylation is 1. The third-order valence-electron chi connectivity index (χ3n) is 5.32. The second kappa shape index (κ2) is 8.86. The molecule has 2 saturated heterocycles. The maximum absolute atomic E-state index is 10.1. The van der Waals surface area contributed by atoms with Crippen molar-refractivity contribution < 1.29 is 14.6 Å². The molecule has 2 N–H and O–H groups in total. The van der Waals surface area contributed by atoms with Crippen molar-refractivity contribution >= 4 is 5.82 Å². The van der Waals surface area contributed by atoms with Crippen LogP contribution in [0, 0.1) is 6.92 Å². The number of aromatic hydroxyl groups is 1. The van der Waals surface area contributed by atoms with E-state index in [0.29, 0.717) is 37.3 Å². The molecule has 1 aromatic heterocycles. The maximum Gasteiger partial charge on any atom is 0.165 e. The molecule has 3 heterocycles. The van der Waals surface area contributed by atoms with E-state index in [4.69, 9.17) is 14.5 Å². The molecule has 0 bridgehead atoms. The molecule has 150 valence electrons. The molecule has 0 radical (unpaired) electrons. The Morgan fingerprint density at radius 3 is 2.75 bits per heavy atom. The lowest BCUT2D eigenvalue weighted by atomic mass is 10.0. The number of piperidine rings is 1. The Balaban J connectivity index is 1.37. The number of aromatic nitrogens is 2. The van der Waals surface area contributed by atoms with E-state index in [1.54, 1.807) is 12.1 Å². The highest BCUT2D eigenvalue weighted by Gasteiger charge is 2.23. The predicted molar refractivity (Wildman–Crippen MR) is 108 cm³/mol. The minimum absolute atomic E-state index is 0.164. The Kier molecular flexibility index (Phi) is 6.04. The average Bonchev–Trinajstić information content (AvgIpc) is 2.73. The van der Waals surface area contributed by atoms with E-state index in [1.807, 2.05) is 25.1 Å². The van der Waals surface area contributed by atoms with Crippen LogP contribution in [0.2, 0.25) is 0 Å². The number of hydrogen-bond donors (Lipinski definition) is 2. The van der Waals surface area contributed by atoms with Gasteiger partial charge in [-0.15, -0.1) is 0 Å². The van der Waals surface area contributed by atoms with Crippen molar-refractivity contribution in [1.82, 2.24) is 15.3 Å². The highest BCUT2D eigenvalue weighted by atomic mass is 16.6. The van der Waals surface area contributed by atoms with Crippen LogP contribution < -0.4 is 10.2 Å². The van der Waals surface area contributed by atoms with Gasteiger partial charge in [0, 0.05) is 37.4 Å². The van der Waals surface area contributed by atoms with E-state index in [0.717, 1.165) is 44.0 Å². The fourth-order valence-electron chi connectivity index (χ4n) is 3.76. The van der Waals surface area contributed by atoms with Gasteiger partial charge in [0.25, 0.3) is 0 Å². The molecule has 1 atom stereocenters. The Morgan fingerprint density at radius 1 is 1.18 bits per heavy atom. The quantitative estimate of drug-likeness (QED) is 0.817. The first-order valence-corrected chi connectivity index (χ1v) is 10.0. The summed E-state index contributed by atoms with van der Waals surface area (Å²) in [6.07, 6.45) is 2.28. The number of phenolic OH excluding ortho intramolecular Hbond substituents is 1. The molecule has 2 aliphatic rings. The fourth-order valence-corrected chi connectivity index (χ4v) is 3.76. The van der Waals surface area contributed by atoms with Crippen molar-refractivity contribution in [2.45, 2.75) is 31.9 Å². The largest absolute Gasteiger partial charge is 0.507 e. The van der Waals surface area contributed by atoms with Crippen LogP contribution >= 0.6 is 0 Å². The van der Waals surface area contributed by atoms with Gasteiger partial charge >= 0.3 is 0 Å². The summed E-state index contributed by atoms with van der Waals surface area (Å²) >= 11 is 0. The van der Waals surface area contributed by atoms with Crippen LogP contribution in [-0.2, 0) is 9.47 Å². The van der Waals surface area contributed by atoms with Crippen molar-refractivity contribution in [3.8, 4) is 17.1 Å². The molecule has 7 heteroatoms. The van der Waals surface area contributed by atoms with Crippen LogP contribution in [-0.4, -0.2) is 66.7 Å². The van der Waals surface area contributed by atoms with Gasteiger partial charge in [-0.25, -0.2) is 9.97 Å². The summed E-state index contributed by atoms with van der Waals surface area (Å²) in [4.78, 5) is 11.6. The zero-order valence-corrected chi connectivity index (χ0v) is 16.3. The first-order chi connectivity index (χ1) is 13.7. The number of nitrogens with zero attached hydrogens (tertiary/aromatic N) is 3. The summed E-state index contributed by atoms with van der Waals surface area (Å²) < 4.78 is 11.2. The van der Waals surface area contributed by atoms with Gasteiger partial charge in [-0.1, -0.05) is 12.1 Å². The molecule has 0 unspecified atom stereocenters. The van der Waals surface area contributed by atoms with Crippen molar-refractivity contribution in [1.29, 1.82) is 0 Å². The first kappa shape index (κ1) is 19.1. The average molecular weight is 384 g/mol. The van der Waals surface area contributed by atoms with Crippen LogP contribution in [0.25, 0.3) is 11.4 Å². The lowest BCUT2D eigenvalue weighted by Gasteiger charge is -2.34. The SMILES string of the molecule is Cc1cc(N2CCC(NC[C@H]3COCCO3)CC2)nc(-c2ccccc2O)n1. The normalized spacial score (nSPS) is 21.0. The molecule has 0 spiro atoms. The van der Waals surface area contributed by atoms with E-state index < -0.39 is 0 Å². The van der Waals surface area contributed by atoms with Gasteiger partial charge in [0.2, 0.25) is 0 Å². The van der Waals surface area contributed by atoms with Crippen LogP contribution in [0.3, 0.4) is 0 Å². The minimum atomic E-state index is 0.164. The van der Waals surface area contributed by atoms with Crippen LogP contribution in [0.4, 0.5) is 5.82 Å². The predicted octanol–water partition coefficient (Wildman–Crippen LogP) is 2.13. The van der Waals surface area contributed by atoms with Crippen LogP contribution in [0.15, 0.2) is 30.3 Å². The monoisotopic (exact) mass is 384 g/mol. The number of ether oxygens (including phenoxy) is 2. The third-order valence-corrected chi connectivity index (χ3v) is 5.32. The van der Waals surface area contributed by atoms with Crippen molar-refractivity contribution in [3.63, 3.8) is 0 Å². The van der Waals surface area contributed by atoms with Crippen molar-refractivity contribution in [2.75, 3.05) is 44.4 Å². The summed E-state index contributed by atoms with van der Waals surface area (Å²) in [6.45, 7) is 6.77. The van der Waals surface area contributed by atoms with Gasteiger partial charge in [-0.05, 0) is 31.9 Å². The maximum atomic E-state index is 10.1. The molecular formula is C21H28N4O3. The molecule has 1 aromatic carbocycles. The van der Waals surface area contributed by atoms with Crippen molar-refractivity contribution in [2.24, 2.45) is 0 Å². The van der Waals surface area contributed by atoms with E-state index in [1.165, 1.54) is 0 Å². The van der Waals surface area contributed by atoms with E-state index in [-0.39, 0.29) is 11.9 Å². The Labute approximate surface area is 165 Å². The van der Waals surface area contributed by atoms with E-state index in [9.17, 15) is 5.11 Å². The minimum Gasteiger partial charge on any atom is -0.507 e. The summed E-state index contributed by atoms with van der Waals surface area (Å²) in [6, 6.07) is 9.71. The van der Waals surface area contributed by atoms with Crippen molar-refractivity contribution in [3.05, 3.63) is 36.0 Å². The first-order valence-electron chi connectivity index (χ1n) is 10.0. The second-order valence-corrected chi connectivity index (χ2v) is 7.45. The lowest BCUT2D eigenvalue weighted by Crippen LogP contribution is -2.46. The topological polar surface area (TPSA) is 79.7 Å². The highest BCUT2D eigenvalue weighted by molar-refractivity contribution is 5.65. The molecule has 0 amide bonds. The zero-order valence-electron chi connectivity index (χ0n) is 16.3. The second-order valence-electron chi connectivity index (χ2n) is 7.45. The summed E-state index contributed by atoms with van der Waals surface area (Å²) in [7, 11) is 0. The van der Waals surface area contributed by atoms with Crippen LogP contribution in [0.5, 0.6) is 5.75 Å². The number of hydrogen-bond acceptors (Lipinski definition) is 7. The van der Waals surface area contributed by atoms with Gasteiger partial charge < -0.3 is 24.8 Å². The molecule has 0 saturated carbocycles. The van der Waals surface area contributed by atoms with Gasteiger partial charge in [-0.2, -0.15) is 0 Å². The Hall–Kier alpha value is -2.22. The zero-order chi connectivity index (χ0) is 19.3. The molecule has 28 heavy (non-hydrogen) atoms. The summed E-state index contributed by atoms with van der Waals surface area (Å²) in [5.41, 5.74) is 1.57. The van der Waals surface area contributed by atoms with Gasteiger partial charge in [0.1, 0.15) is 11.6 Å². The van der Waals surface area contributed by atoms with Gasteiger partial charge in [-0.3, -0.25) is 0 Å². The smallest absolute Gasteiger partial charge is 0.165 e. The highest BCUT2D eigenvalue weighted by Crippen LogP contribution is 2.28.